The van der Waals surface area contributed by atoms with Gasteiger partial charge in [0, 0.05) is 36.1 Å². The molecular formula is C16H20N4O2. The minimum atomic E-state index is -0.305. The van der Waals surface area contributed by atoms with Crippen LogP contribution in [0.3, 0.4) is 0 Å². The number of H-pyrrole nitrogens is 1. The average molecular weight is 300 g/mol. The number of nitrogens with one attached hydrogen (secondary N) is 2. The molecule has 4 rings (SSSR count). The molecule has 2 N–H and O–H groups in total. The van der Waals surface area contributed by atoms with Crippen LogP contribution in [0.15, 0.2) is 12.1 Å². The molecule has 0 aromatic carbocycles. The Morgan fingerprint density at radius 2 is 2.18 bits per heavy atom. The topological polar surface area (TPSA) is 70.2 Å². The van der Waals surface area contributed by atoms with Gasteiger partial charge in [0.05, 0.1) is 13.2 Å². The highest BCUT2D eigenvalue weighted by Gasteiger charge is 2.29. The van der Waals surface area contributed by atoms with Gasteiger partial charge in [-0.1, -0.05) is 0 Å². The van der Waals surface area contributed by atoms with Crippen LogP contribution in [-0.4, -0.2) is 59.4 Å². The zero-order valence-electron chi connectivity index (χ0n) is 12.9. The third-order valence-electron chi connectivity index (χ3n) is 4.29. The third-order valence-corrected chi connectivity index (χ3v) is 4.29. The summed E-state index contributed by atoms with van der Waals surface area (Å²) in [5.74, 6) is -0.0919. The number of fused-ring (bicyclic) bond motifs is 3. The van der Waals surface area contributed by atoms with Crippen molar-refractivity contribution in [2.24, 2.45) is 0 Å². The molecule has 1 fully saturated rings. The number of ether oxygens (including phenoxy) is 1. The molecule has 0 atom stereocenters. The number of nitrogens with zero attached hydrogens (tertiary/aromatic N) is 2. The quantitative estimate of drug-likeness (QED) is 0.764. The molecule has 0 bridgehead atoms. The highest BCUT2D eigenvalue weighted by Crippen LogP contribution is 2.42. The van der Waals surface area contributed by atoms with Gasteiger partial charge in [0.25, 0.3) is 5.91 Å². The number of carbonyl (C=O) groups excluding carboxylic acids is 1. The van der Waals surface area contributed by atoms with Gasteiger partial charge < -0.3 is 10.1 Å². The molecule has 0 saturated carbocycles. The van der Waals surface area contributed by atoms with Crippen LogP contribution in [0.1, 0.15) is 24.3 Å². The van der Waals surface area contributed by atoms with Gasteiger partial charge in [-0.3, -0.25) is 14.8 Å². The molecular weight excluding hydrogens is 280 g/mol. The van der Waals surface area contributed by atoms with Gasteiger partial charge in [0.1, 0.15) is 11.2 Å². The first-order valence-corrected chi connectivity index (χ1v) is 7.69. The van der Waals surface area contributed by atoms with Crippen molar-refractivity contribution in [3.05, 3.63) is 17.8 Å². The Bertz CT molecular complexity index is 744. The number of hydrogen-bond acceptors (Lipinski definition) is 4. The molecule has 2 heterocycles. The summed E-state index contributed by atoms with van der Waals surface area (Å²) in [6, 6.07) is 4.10. The van der Waals surface area contributed by atoms with Gasteiger partial charge in [-0.05, 0) is 31.5 Å². The lowest BCUT2D eigenvalue weighted by Crippen LogP contribution is -2.53. The van der Waals surface area contributed by atoms with Crippen molar-refractivity contribution in [2.45, 2.75) is 19.4 Å². The van der Waals surface area contributed by atoms with Crippen molar-refractivity contribution in [2.75, 3.05) is 32.8 Å². The van der Waals surface area contributed by atoms with Crippen molar-refractivity contribution in [3.8, 4) is 11.1 Å². The van der Waals surface area contributed by atoms with Crippen molar-refractivity contribution < 1.29 is 9.53 Å². The molecule has 1 aliphatic heterocycles. The Balaban J connectivity index is 1.46. The SMILES string of the molecule is CC(C)(CN1CCOCC1)NC(=O)c1[nH]nc2c3cc-3cc12. The Morgan fingerprint density at radius 3 is 2.95 bits per heavy atom. The second-order valence-corrected chi connectivity index (χ2v) is 6.75. The van der Waals surface area contributed by atoms with Crippen molar-refractivity contribution >= 4 is 16.8 Å². The zero-order chi connectivity index (χ0) is 15.3. The van der Waals surface area contributed by atoms with E-state index < -0.39 is 0 Å². The van der Waals surface area contributed by atoms with Crippen LogP contribution < -0.4 is 5.32 Å². The number of aromatic nitrogens is 2. The average Bonchev–Trinajstić information content (AvgIpc) is 2.94. The molecule has 1 amide bonds. The van der Waals surface area contributed by atoms with Gasteiger partial charge in [0.2, 0.25) is 0 Å². The van der Waals surface area contributed by atoms with E-state index in [2.05, 4.69) is 40.3 Å². The van der Waals surface area contributed by atoms with E-state index in [4.69, 9.17) is 4.74 Å². The van der Waals surface area contributed by atoms with Gasteiger partial charge in [-0.15, -0.1) is 0 Å². The van der Waals surface area contributed by atoms with Gasteiger partial charge in [-0.25, -0.2) is 0 Å². The van der Waals surface area contributed by atoms with Gasteiger partial charge >= 0.3 is 0 Å². The smallest absolute Gasteiger partial charge is 0.270 e. The minimum absolute atomic E-state index is 0.0919. The Hall–Kier alpha value is -1.92. The molecule has 116 valence electrons. The molecule has 3 aliphatic rings. The van der Waals surface area contributed by atoms with Crippen LogP contribution in [0.25, 0.3) is 22.0 Å². The molecule has 0 radical (unpaired) electrons. The maximum Gasteiger partial charge on any atom is 0.270 e. The van der Waals surface area contributed by atoms with E-state index in [1.54, 1.807) is 0 Å². The number of amides is 1. The summed E-state index contributed by atoms with van der Waals surface area (Å²) in [6.07, 6.45) is 0. The predicted octanol–water partition coefficient (Wildman–Crippen LogP) is 1.38. The number of aromatic amines is 1. The summed E-state index contributed by atoms with van der Waals surface area (Å²) in [4.78, 5) is 14.9. The summed E-state index contributed by atoms with van der Waals surface area (Å²) >= 11 is 0. The molecule has 0 spiro atoms. The molecule has 1 aromatic rings. The predicted molar refractivity (Wildman–Crippen MR) is 83.9 cm³/mol. The fraction of sp³-hybridized carbons (Fsp3) is 0.500. The van der Waals surface area contributed by atoms with Crippen LogP contribution in [-0.2, 0) is 4.74 Å². The normalized spacial score (nSPS) is 17.7. The summed E-state index contributed by atoms with van der Waals surface area (Å²) in [5.41, 5.74) is 3.53. The Kier molecular flexibility index (Phi) is 2.99. The summed E-state index contributed by atoms with van der Waals surface area (Å²) in [5, 5.41) is 11.2. The largest absolute Gasteiger partial charge is 0.379 e. The number of hydrogen-bond donors (Lipinski definition) is 2. The highest BCUT2D eigenvalue weighted by molar-refractivity contribution is 6.14. The second-order valence-electron chi connectivity index (χ2n) is 6.75. The Labute approximate surface area is 128 Å². The second kappa shape index (κ2) is 4.79. The lowest BCUT2D eigenvalue weighted by atomic mass is 10.0. The minimum Gasteiger partial charge on any atom is -0.379 e. The number of rotatable bonds is 4. The van der Waals surface area contributed by atoms with Crippen LogP contribution in [0.2, 0.25) is 0 Å². The van der Waals surface area contributed by atoms with E-state index in [-0.39, 0.29) is 11.4 Å². The fourth-order valence-corrected chi connectivity index (χ4v) is 3.20. The monoisotopic (exact) mass is 300 g/mol. The lowest BCUT2D eigenvalue weighted by Gasteiger charge is -2.35. The number of carbonyl (C=O) groups is 1. The van der Waals surface area contributed by atoms with Crippen LogP contribution in [0.4, 0.5) is 0 Å². The first-order chi connectivity index (χ1) is 10.5. The van der Waals surface area contributed by atoms with E-state index in [1.165, 1.54) is 5.56 Å². The number of morpholine rings is 1. The maximum absolute atomic E-state index is 12.6. The molecule has 6 nitrogen and oxygen atoms in total. The van der Waals surface area contributed by atoms with E-state index in [0.29, 0.717) is 5.69 Å². The Morgan fingerprint density at radius 1 is 1.41 bits per heavy atom. The lowest BCUT2D eigenvalue weighted by molar-refractivity contribution is 0.0269. The van der Waals surface area contributed by atoms with Crippen molar-refractivity contribution in [1.82, 2.24) is 20.4 Å². The van der Waals surface area contributed by atoms with Crippen molar-refractivity contribution in [1.29, 1.82) is 0 Å². The van der Waals surface area contributed by atoms with E-state index in [9.17, 15) is 4.79 Å². The molecule has 1 saturated heterocycles. The first kappa shape index (κ1) is 13.7. The van der Waals surface area contributed by atoms with Crippen LogP contribution in [0, 0.1) is 0 Å². The third kappa shape index (κ3) is 2.38. The highest BCUT2D eigenvalue weighted by atomic mass is 16.5. The molecule has 6 heteroatoms. The summed E-state index contributed by atoms with van der Waals surface area (Å²) < 4.78 is 5.36. The molecule has 1 aromatic heterocycles. The molecule has 2 aliphatic carbocycles. The van der Waals surface area contributed by atoms with Crippen LogP contribution >= 0.6 is 0 Å². The fourth-order valence-electron chi connectivity index (χ4n) is 3.20. The van der Waals surface area contributed by atoms with E-state index >= 15 is 0 Å². The van der Waals surface area contributed by atoms with Gasteiger partial charge in [-0.2, -0.15) is 5.10 Å². The zero-order valence-corrected chi connectivity index (χ0v) is 12.9. The van der Waals surface area contributed by atoms with E-state index in [1.807, 2.05) is 6.07 Å². The van der Waals surface area contributed by atoms with Crippen molar-refractivity contribution in [3.63, 3.8) is 0 Å². The molecule has 0 unspecified atom stereocenters. The molecule has 22 heavy (non-hydrogen) atoms. The summed E-state index contributed by atoms with van der Waals surface area (Å²) in [6.45, 7) is 8.27. The standard InChI is InChI=1S/C16H20N4O2/c1-16(2,9-20-3-5-22-6-4-20)17-15(21)14-12-8-10-7-11(10)13(12)18-19-14/h7-8H,3-6,9H2,1-2H3,(H,17,21)(H,18,19). The number of benzene rings is 1. The summed E-state index contributed by atoms with van der Waals surface area (Å²) in [7, 11) is 0. The van der Waals surface area contributed by atoms with E-state index in [0.717, 1.165) is 49.3 Å². The first-order valence-electron chi connectivity index (χ1n) is 7.69. The van der Waals surface area contributed by atoms with Gasteiger partial charge in [0.15, 0.2) is 0 Å². The maximum atomic E-state index is 12.6. The van der Waals surface area contributed by atoms with Crippen LogP contribution in [0.5, 0.6) is 0 Å².